The van der Waals surface area contributed by atoms with Gasteiger partial charge in [0, 0.05) is 22.9 Å². The van der Waals surface area contributed by atoms with E-state index in [0.29, 0.717) is 34.6 Å². The number of aryl methyl sites for hydroxylation is 2. The third-order valence-corrected chi connectivity index (χ3v) is 3.94. The van der Waals surface area contributed by atoms with E-state index in [-0.39, 0.29) is 5.91 Å². The van der Waals surface area contributed by atoms with Gasteiger partial charge in [-0.25, -0.2) is 9.97 Å². The summed E-state index contributed by atoms with van der Waals surface area (Å²) in [5.74, 6) is 0.110. The van der Waals surface area contributed by atoms with Crippen molar-refractivity contribution in [2.75, 3.05) is 10.6 Å². The molecule has 0 aliphatic rings. The molecule has 0 unspecified atom stereocenters. The van der Waals surface area contributed by atoms with Gasteiger partial charge in [-0.05, 0) is 43.7 Å². The van der Waals surface area contributed by atoms with Crippen molar-refractivity contribution in [3.05, 3.63) is 82.1 Å². The number of amides is 1. The van der Waals surface area contributed by atoms with E-state index in [9.17, 15) is 4.79 Å². The fraction of sp³-hybridized carbons (Fsp3) is 0.150. The number of hydrogen-bond donors (Lipinski definition) is 2. The molecule has 26 heavy (non-hydrogen) atoms. The summed E-state index contributed by atoms with van der Waals surface area (Å²) in [5, 5.41) is 6.52. The zero-order valence-electron chi connectivity index (χ0n) is 14.6. The lowest BCUT2D eigenvalue weighted by Crippen LogP contribution is -2.16. The van der Waals surface area contributed by atoms with E-state index in [0.717, 1.165) is 5.56 Å². The summed E-state index contributed by atoms with van der Waals surface area (Å²) in [6.45, 7) is 4.46. The minimum atomic E-state index is -0.309. The van der Waals surface area contributed by atoms with Crippen LogP contribution in [0, 0.1) is 13.8 Å². The van der Waals surface area contributed by atoms with Crippen molar-refractivity contribution >= 4 is 29.1 Å². The molecule has 0 atom stereocenters. The molecular formula is C20H19ClN4O. The molecule has 0 saturated heterocycles. The molecular weight excluding hydrogens is 348 g/mol. The van der Waals surface area contributed by atoms with Gasteiger partial charge in [0.1, 0.15) is 5.69 Å². The second-order valence-corrected chi connectivity index (χ2v) is 6.46. The summed E-state index contributed by atoms with van der Waals surface area (Å²) in [6, 6.07) is 16.8. The molecule has 2 N–H and O–H groups in total. The van der Waals surface area contributed by atoms with E-state index in [1.54, 1.807) is 30.3 Å². The van der Waals surface area contributed by atoms with E-state index in [1.165, 1.54) is 5.56 Å². The summed E-state index contributed by atoms with van der Waals surface area (Å²) < 4.78 is 0. The number of benzene rings is 2. The Morgan fingerprint density at radius 3 is 2.62 bits per heavy atom. The number of rotatable bonds is 5. The first-order valence-electron chi connectivity index (χ1n) is 8.21. The van der Waals surface area contributed by atoms with Crippen LogP contribution in [0.5, 0.6) is 0 Å². The molecule has 0 saturated carbocycles. The fourth-order valence-electron chi connectivity index (χ4n) is 2.53. The first-order chi connectivity index (χ1) is 12.5. The largest absolute Gasteiger partial charge is 0.350 e. The van der Waals surface area contributed by atoms with Crippen molar-refractivity contribution in [3.8, 4) is 0 Å². The molecule has 5 nitrogen and oxygen atoms in total. The van der Waals surface area contributed by atoms with E-state index in [4.69, 9.17) is 11.6 Å². The van der Waals surface area contributed by atoms with Crippen LogP contribution in [0.1, 0.15) is 27.3 Å². The Morgan fingerprint density at radius 2 is 1.85 bits per heavy atom. The van der Waals surface area contributed by atoms with Crippen LogP contribution < -0.4 is 10.6 Å². The number of anilines is 2. The van der Waals surface area contributed by atoms with Crippen LogP contribution in [0.3, 0.4) is 0 Å². The molecule has 1 aromatic heterocycles. The van der Waals surface area contributed by atoms with Crippen LogP contribution in [0.2, 0.25) is 5.02 Å². The highest BCUT2D eigenvalue weighted by Crippen LogP contribution is 2.16. The van der Waals surface area contributed by atoms with Crippen LogP contribution in [0.25, 0.3) is 0 Å². The van der Waals surface area contributed by atoms with E-state index >= 15 is 0 Å². The first kappa shape index (κ1) is 17.9. The molecule has 3 rings (SSSR count). The third kappa shape index (κ3) is 4.80. The summed E-state index contributed by atoms with van der Waals surface area (Å²) in [4.78, 5) is 21.2. The number of carbonyl (C=O) groups excluding carboxylic acids is 1. The second kappa shape index (κ2) is 7.97. The number of carbonyl (C=O) groups is 1. The lowest BCUT2D eigenvalue weighted by Gasteiger charge is -2.09. The quantitative estimate of drug-likeness (QED) is 0.691. The van der Waals surface area contributed by atoms with Gasteiger partial charge in [-0.3, -0.25) is 4.79 Å². The van der Waals surface area contributed by atoms with Gasteiger partial charge in [-0.1, -0.05) is 47.5 Å². The normalized spacial score (nSPS) is 10.4. The molecule has 0 fully saturated rings. The van der Waals surface area contributed by atoms with Crippen molar-refractivity contribution in [1.82, 2.24) is 9.97 Å². The number of halogens is 1. The molecule has 6 heteroatoms. The van der Waals surface area contributed by atoms with Crippen LogP contribution >= 0.6 is 11.6 Å². The predicted octanol–water partition coefficient (Wildman–Crippen LogP) is 4.61. The highest BCUT2D eigenvalue weighted by atomic mass is 35.5. The minimum absolute atomic E-state index is 0.296. The monoisotopic (exact) mass is 366 g/mol. The average Bonchev–Trinajstić information content (AvgIpc) is 2.59. The predicted molar refractivity (Wildman–Crippen MR) is 105 cm³/mol. The molecule has 0 aliphatic carbocycles. The van der Waals surface area contributed by atoms with Crippen molar-refractivity contribution in [2.24, 2.45) is 0 Å². The summed E-state index contributed by atoms with van der Waals surface area (Å²) >= 11 is 5.95. The lowest BCUT2D eigenvalue weighted by atomic mass is 10.1. The molecule has 0 aliphatic heterocycles. The van der Waals surface area contributed by atoms with Crippen molar-refractivity contribution in [3.63, 3.8) is 0 Å². The third-order valence-electron chi connectivity index (χ3n) is 3.70. The van der Waals surface area contributed by atoms with Gasteiger partial charge in [-0.2, -0.15) is 0 Å². The standard InChI is InChI=1S/C20H19ClN4O/c1-13-5-3-6-15(9-13)12-22-20-23-14(2)10-18(25-20)19(26)24-17-8-4-7-16(21)11-17/h3-11H,12H2,1-2H3,(H,24,26)(H,22,23,25). The maximum Gasteiger partial charge on any atom is 0.274 e. The van der Waals surface area contributed by atoms with Gasteiger partial charge in [0.25, 0.3) is 5.91 Å². The first-order valence-corrected chi connectivity index (χ1v) is 8.59. The Balaban J connectivity index is 1.73. The van der Waals surface area contributed by atoms with Crippen molar-refractivity contribution in [1.29, 1.82) is 0 Å². The summed E-state index contributed by atoms with van der Waals surface area (Å²) in [5.41, 5.74) is 3.94. The Labute approximate surface area is 157 Å². The zero-order valence-corrected chi connectivity index (χ0v) is 15.3. The van der Waals surface area contributed by atoms with E-state index in [1.807, 2.05) is 32.0 Å². The fourth-order valence-corrected chi connectivity index (χ4v) is 2.72. The number of nitrogens with zero attached hydrogens (tertiary/aromatic N) is 2. The van der Waals surface area contributed by atoms with Crippen molar-refractivity contribution < 1.29 is 4.79 Å². The maximum atomic E-state index is 12.5. The van der Waals surface area contributed by atoms with Gasteiger partial charge in [0.2, 0.25) is 5.95 Å². The Hall–Kier alpha value is -2.92. The molecule has 1 amide bonds. The van der Waals surface area contributed by atoms with Crippen LogP contribution in [0.4, 0.5) is 11.6 Å². The van der Waals surface area contributed by atoms with Gasteiger partial charge in [0.05, 0.1) is 0 Å². The SMILES string of the molecule is Cc1cccc(CNc2nc(C)cc(C(=O)Nc3cccc(Cl)c3)n2)c1. The van der Waals surface area contributed by atoms with Gasteiger partial charge in [0.15, 0.2) is 0 Å². The smallest absolute Gasteiger partial charge is 0.274 e. The van der Waals surface area contributed by atoms with Gasteiger partial charge < -0.3 is 10.6 Å². The molecule has 2 aromatic carbocycles. The molecule has 3 aromatic rings. The molecule has 132 valence electrons. The Kier molecular flexibility index (Phi) is 5.49. The number of aromatic nitrogens is 2. The molecule has 1 heterocycles. The number of nitrogens with one attached hydrogen (secondary N) is 2. The highest BCUT2D eigenvalue weighted by molar-refractivity contribution is 6.30. The van der Waals surface area contributed by atoms with Crippen LogP contribution in [0.15, 0.2) is 54.6 Å². The van der Waals surface area contributed by atoms with Gasteiger partial charge >= 0.3 is 0 Å². The zero-order chi connectivity index (χ0) is 18.5. The highest BCUT2D eigenvalue weighted by Gasteiger charge is 2.11. The second-order valence-electron chi connectivity index (χ2n) is 6.03. The molecule has 0 bridgehead atoms. The van der Waals surface area contributed by atoms with E-state index < -0.39 is 0 Å². The van der Waals surface area contributed by atoms with Crippen LogP contribution in [-0.4, -0.2) is 15.9 Å². The molecule has 0 radical (unpaired) electrons. The summed E-state index contributed by atoms with van der Waals surface area (Å²) in [6.07, 6.45) is 0. The lowest BCUT2D eigenvalue weighted by molar-refractivity contribution is 0.102. The number of hydrogen-bond acceptors (Lipinski definition) is 4. The molecule has 0 spiro atoms. The van der Waals surface area contributed by atoms with Gasteiger partial charge in [-0.15, -0.1) is 0 Å². The van der Waals surface area contributed by atoms with Crippen molar-refractivity contribution in [2.45, 2.75) is 20.4 Å². The minimum Gasteiger partial charge on any atom is -0.350 e. The summed E-state index contributed by atoms with van der Waals surface area (Å²) in [7, 11) is 0. The average molecular weight is 367 g/mol. The topological polar surface area (TPSA) is 66.9 Å². The maximum absolute atomic E-state index is 12.5. The van der Waals surface area contributed by atoms with E-state index in [2.05, 4.69) is 26.7 Å². The van der Waals surface area contributed by atoms with Crippen LogP contribution in [-0.2, 0) is 6.54 Å². The Bertz CT molecular complexity index is 943. The Morgan fingerprint density at radius 1 is 1.04 bits per heavy atom.